The van der Waals surface area contributed by atoms with Gasteiger partial charge in [0.1, 0.15) is 5.70 Å². The molecule has 0 aromatic heterocycles. The quantitative estimate of drug-likeness (QED) is 0.695. The summed E-state index contributed by atoms with van der Waals surface area (Å²) in [5.41, 5.74) is 1.06. The van der Waals surface area contributed by atoms with Crippen LogP contribution in [0.5, 0.6) is 0 Å². The van der Waals surface area contributed by atoms with Gasteiger partial charge in [-0.2, -0.15) is 18.3 Å². The minimum atomic E-state index is -4.30. The molecule has 3 rings (SSSR count). The van der Waals surface area contributed by atoms with Crippen LogP contribution in [-0.4, -0.2) is 23.9 Å². The minimum Gasteiger partial charge on any atom is -0.261 e. The second-order valence-electron chi connectivity index (χ2n) is 6.08. The Morgan fingerprint density at radius 2 is 2.05 bits per heavy atom. The Bertz CT molecular complexity index is 446. The van der Waals surface area contributed by atoms with Crippen LogP contribution in [0.15, 0.2) is 29.0 Å². The number of nitrogens with zero attached hydrogens (tertiary/aromatic N) is 2. The first kappa shape index (κ1) is 12.8. The molecule has 19 heavy (non-hydrogen) atoms. The fraction of sp³-hybridized carbons (Fsp3) is 0.643. The van der Waals surface area contributed by atoms with E-state index in [1.54, 1.807) is 0 Å². The van der Waals surface area contributed by atoms with Crippen molar-refractivity contribution in [1.29, 1.82) is 0 Å². The minimum absolute atomic E-state index is 0.264. The van der Waals surface area contributed by atoms with Gasteiger partial charge in [0.2, 0.25) is 0 Å². The van der Waals surface area contributed by atoms with Crippen LogP contribution in [0.3, 0.4) is 0 Å². The van der Waals surface area contributed by atoms with Crippen molar-refractivity contribution in [2.75, 3.05) is 6.54 Å². The van der Waals surface area contributed by atoms with Gasteiger partial charge < -0.3 is 0 Å². The summed E-state index contributed by atoms with van der Waals surface area (Å²) in [5, 5.41) is 5.04. The van der Waals surface area contributed by atoms with E-state index >= 15 is 0 Å². The van der Waals surface area contributed by atoms with E-state index in [0.717, 1.165) is 30.7 Å². The molecule has 2 nitrogen and oxygen atoms in total. The lowest BCUT2D eigenvalue weighted by Gasteiger charge is -2.56. The lowest BCUT2D eigenvalue weighted by atomic mass is 9.50. The van der Waals surface area contributed by atoms with Gasteiger partial charge in [-0.25, -0.2) is 0 Å². The topological polar surface area (TPSA) is 15.6 Å². The predicted molar refractivity (Wildman–Crippen MR) is 67.5 cm³/mol. The smallest absolute Gasteiger partial charge is 0.261 e. The zero-order valence-electron chi connectivity index (χ0n) is 10.7. The monoisotopic (exact) mass is 270 g/mol. The number of alkyl halides is 3. The zero-order valence-corrected chi connectivity index (χ0v) is 10.7. The second kappa shape index (κ2) is 4.12. The Labute approximate surface area is 110 Å². The summed E-state index contributed by atoms with van der Waals surface area (Å²) in [6, 6.07) is 0. The van der Waals surface area contributed by atoms with Crippen LogP contribution >= 0.6 is 0 Å². The summed E-state index contributed by atoms with van der Waals surface area (Å²) >= 11 is 0. The predicted octanol–water partition coefficient (Wildman–Crippen LogP) is 3.87. The highest BCUT2D eigenvalue weighted by Gasteiger charge is 2.51. The molecule has 0 unspecified atom stereocenters. The Hall–Kier alpha value is -1.26. The summed E-state index contributed by atoms with van der Waals surface area (Å²) in [6.45, 7) is 4.32. The first-order chi connectivity index (χ1) is 8.88. The summed E-state index contributed by atoms with van der Waals surface area (Å²) in [4.78, 5) is 0. The fourth-order valence-electron chi connectivity index (χ4n) is 3.72. The van der Waals surface area contributed by atoms with Gasteiger partial charge in [-0.1, -0.05) is 12.2 Å². The van der Waals surface area contributed by atoms with Gasteiger partial charge in [0.15, 0.2) is 0 Å². The van der Waals surface area contributed by atoms with Gasteiger partial charge in [-0.15, -0.1) is 0 Å². The lowest BCUT2D eigenvalue weighted by molar-refractivity contribution is -0.116. The number of allylic oxidation sites excluding steroid dienone is 3. The molecule has 0 saturated heterocycles. The van der Waals surface area contributed by atoms with Crippen LogP contribution < -0.4 is 0 Å². The summed E-state index contributed by atoms with van der Waals surface area (Å²) < 4.78 is 38.5. The molecule has 0 radical (unpaired) electrons. The Balaban J connectivity index is 1.58. The highest BCUT2D eigenvalue weighted by Crippen LogP contribution is 2.60. The third-order valence-corrected chi connectivity index (χ3v) is 4.33. The first-order valence-corrected chi connectivity index (χ1v) is 6.62. The normalized spacial score (nSPS) is 26.2. The summed E-state index contributed by atoms with van der Waals surface area (Å²) in [7, 11) is 0. The van der Waals surface area contributed by atoms with Crippen LogP contribution in [0.4, 0.5) is 13.2 Å². The number of halogens is 3. The molecule has 1 heterocycles. The van der Waals surface area contributed by atoms with E-state index < -0.39 is 11.9 Å². The van der Waals surface area contributed by atoms with Crippen molar-refractivity contribution < 1.29 is 13.2 Å². The van der Waals surface area contributed by atoms with Gasteiger partial charge in [-0.3, -0.25) is 5.01 Å². The van der Waals surface area contributed by atoms with E-state index in [0.29, 0.717) is 17.9 Å². The van der Waals surface area contributed by atoms with E-state index in [9.17, 15) is 13.2 Å². The standard InChI is InChI=1S/C14H17F3N2/c1-10-5-13(6-10)7-11(8-13)9-19-12(14(15,16)17)3-2-4-18-19/h3-4,11H,1-2,5-9H2. The van der Waals surface area contributed by atoms with Gasteiger partial charge in [0.05, 0.1) is 0 Å². The molecule has 2 saturated carbocycles. The van der Waals surface area contributed by atoms with E-state index in [2.05, 4.69) is 11.7 Å². The van der Waals surface area contributed by atoms with Crippen molar-refractivity contribution in [1.82, 2.24) is 5.01 Å². The van der Waals surface area contributed by atoms with Crippen LogP contribution in [-0.2, 0) is 0 Å². The molecule has 0 atom stereocenters. The lowest BCUT2D eigenvalue weighted by Crippen LogP contribution is -2.47. The maximum Gasteiger partial charge on any atom is 0.432 e. The highest BCUT2D eigenvalue weighted by molar-refractivity contribution is 5.61. The summed E-state index contributed by atoms with van der Waals surface area (Å²) in [6.07, 6.45) is 2.88. The van der Waals surface area contributed by atoms with E-state index in [1.165, 1.54) is 17.9 Å². The Kier molecular flexibility index (Phi) is 2.76. The van der Waals surface area contributed by atoms with Gasteiger partial charge in [-0.05, 0) is 43.1 Å². The largest absolute Gasteiger partial charge is 0.432 e. The number of hydrogen-bond acceptors (Lipinski definition) is 2. The van der Waals surface area contributed by atoms with Crippen molar-refractivity contribution >= 4 is 6.21 Å². The molecule has 1 spiro atoms. The summed E-state index contributed by atoms with van der Waals surface area (Å²) in [5.74, 6) is 0.328. The highest BCUT2D eigenvalue weighted by atomic mass is 19.4. The molecule has 3 aliphatic rings. The Morgan fingerprint density at radius 3 is 2.63 bits per heavy atom. The van der Waals surface area contributed by atoms with Crippen LogP contribution in [0, 0.1) is 11.3 Å². The molecular weight excluding hydrogens is 253 g/mol. The first-order valence-electron chi connectivity index (χ1n) is 6.62. The second-order valence-corrected chi connectivity index (χ2v) is 6.08. The average Bonchev–Trinajstić information content (AvgIpc) is 2.23. The molecule has 2 fully saturated rings. The molecule has 0 aromatic rings. The molecule has 0 bridgehead atoms. The third kappa shape index (κ3) is 2.30. The van der Waals surface area contributed by atoms with E-state index in [4.69, 9.17) is 0 Å². The number of rotatable bonds is 2. The molecular formula is C14H17F3N2. The van der Waals surface area contributed by atoms with Crippen LogP contribution in [0.25, 0.3) is 0 Å². The molecule has 2 aliphatic carbocycles. The Morgan fingerprint density at radius 1 is 1.37 bits per heavy atom. The van der Waals surface area contributed by atoms with Crippen LogP contribution in [0.1, 0.15) is 32.1 Å². The molecule has 1 aliphatic heterocycles. The van der Waals surface area contributed by atoms with Gasteiger partial charge in [0.25, 0.3) is 0 Å². The van der Waals surface area contributed by atoms with Crippen molar-refractivity contribution in [2.24, 2.45) is 16.4 Å². The SMILES string of the molecule is C=C1CC2(C1)CC(CN1N=CCC=C1C(F)(F)F)C2. The van der Waals surface area contributed by atoms with Gasteiger partial charge in [0, 0.05) is 19.2 Å². The van der Waals surface area contributed by atoms with Crippen molar-refractivity contribution in [3.63, 3.8) is 0 Å². The molecule has 0 aromatic carbocycles. The maximum atomic E-state index is 12.8. The number of hydrazone groups is 1. The molecule has 104 valence electrons. The molecule has 0 N–H and O–H groups in total. The van der Waals surface area contributed by atoms with Crippen LogP contribution in [0.2, 0.25) is 0 Å². The van der Waals surface area contributed by atoms with Crippen molar-refractivity contribution in [3.8, 4) is 0 Å². The zero-order chi connectivity index (χ0) is 13.7. The molecule has 0 amide bonds. The fourth-order valence-corrected chi connectivity index (χ4v) is 3.72. The van der Waals surface area contributed by atoms with E-state index in [1.807, 2.05) is 0 Å². The van der Waals surface area contributed by atoms with Crippen molar-refractivity contribution in [2.45, 2.75) is 38.3 Å². The average molecular weight is 270 g/mol. The third-order valence-electron chi connectivity index (χ3n) is 4.33. The number of hydrogen-bond donors (Lipinski definition) is 0. The molecule has 5 heteroatoms. The van der Waals surface area contributed by atoms with Crippen molar-refractivity contribution in [3.05, 3.63) is 23.9 Å². The maximum absolute atomic E-state index is 12.8. The van der Waals surface area contributed by atoms with Gasteiger partial charge >= 0.3 is 6.18 Å². The van der Waals surface area contributed by atoms with E-state index in [-0.39, 0.29) is 6.42 Å².